The van der Waals surface area contributed by atoms with Gasteiger partial charge in [-0.2, -0.15) is 4.98 Å². The summed E-state index contributed by atoms with van der Waals surface area (Å²) < 4.78 is 8.11. The summed E-state index contributed by atoms with van der Waals surface area (Å²) in [6.07, 6.45) is 0. The summed E-state index contributed by atoms with van der Waals surface area (Å²) in [5, 5.41) is 3.47. The zero-order valence-corrected chi connectivity index (χ0v) is 16.0. The van der Waals surface area contributed by atoms with Gasteiger partial charge in [-0.15, -0.1) is 11.3 Å². The zero-order chi connectivity index (χ0) is 18.8. The second kappa shape index (κ2) is 5.67. The summed E-state index contributed by atoms with van der Waals surface area (Å²) >= 11 is 8.27. The summed E-state index contributed by atoms with van der Waals surface area (Å²) in [5.74, 6) is 0. The van der Waals surface area contributed by atoms with E-state index in [9.17, 15) is 0 Å². The first-order valence-corrected chi connectivity index (χ1v) is 9.94. The minimum atomic E-state index is 0.300. The molecule has 0 unspecified atom stereocenters. The molecule has 0 saturated heterocycles. The molecule has 28 heavy (non-hydrogen) atoms. The molecule has 0 bridgehead atoms. The standard InChI is InChI=1S/C22H12ClN3OS/c23-21-19(25-20-12-5-1-3-7-15(12)27-22(20)26-21)14-9-11(24)10-17-18(14)13-6-2-4-8-16(13)28-17/h1-10H,24H2. The van der Waals surface area contributed by atoms with Crippen molar-refractivity contribution >= 4 is 71.0 Å². The lowest BCUT2D eigenvalue weighted by atomic mass is 10.0. The molecule has 0 aliphatic carbocycles. The van der Waals surface area contributed by atoms with Crippen molar-refractivity contribution in [2.75, 3.05) is 5.73 Å². The molecule has 0 saturated carbocycles. The van der Waals surface area contributed by atoms with Crippen molar-refractivity contribution in [1.29, 1.82) is 0 Å². The lowest BCUT2D eigenvalue weighted by Crippen LogP contribution is -1.92. The van der Waals surface area contributed by atoms with Crippen LogP contribution in [0.3, 0.4) is 0 Å². The van der Waals surface area contributed by atoms with E-state index in [0.717, 1.165) is 32.0 Å². The Labute approximate surface area is 168 Å². The van der Waals surface area contributed by atoms with Gasteiger partial charge in [0.1, 0.15) is 16.8 Å². The van der Waals surface area contributed by atoms with Crippen LogP contribution in [0, 0.1) is 0 Å². The molecular formula is C22H12ClN3OS. The fraction of sp³-hybridized carbons (Fsp3) is 0. The van der Waals surface area contributed by atoms with Crippen molar-refractivity contribution in [2.45, 2.75) is 0 Å². The Hall–Kier alpha value is -3.15. The van der Waals surface area contributed by atoms with E-state index in [1.807, 2.05) is 48.5 Å². The molecule has 3 aromatic heterocycles. The summed E-state index contributed by atoms with van der Waals surface area (Å²) in [6, 6.07) is 20.0. The zero-order valence-electron chi connectivity index (χ0n) is 14.4. The van der Waals surface area contributed by atoms with E-state index in [4.69, 9.17) is 26.7 Å². The van der Waals surface area contributed by atoms with Crippen molar-refractivity contribution < 1.29 is 4.42 Å². The average Bonchev–Trinajstić information content (AvgIpc) is 3.23. The van der Waals surface area contributed by atoms with Crippen molar-refractivity contribution in [2.24, 2.45) is 0 Å². The number of hydrogen-bond acceptors (Lipinski definition) is 5. The molecule has 6 heteroatoms. The number of furan rings is 1. The van der Waals surface area contributed by atoms with E-state index in [2.05, 4.69) is 17.1 Å². The smallest absolute Gasteiger partial charge is 0.247 e. The van der Waals surface area contributed by atoms with Gasteiger partial charge in [-0.25, -0.2) is 4.98 Å². The highest BCUT2D eigenvalue weighted by molar-refractivity contribution is 7.26. The number of halogens is 1. The molecule has 0 atom stereocenters. The number of fused-ring (bicyclic) bond motifs is 6. The number of thiophene rings is 1. The Morgan fingerprint density at radius 3 is 2.57 bits per heavy atom. The van der Waals surface area contributed by atoms with Crippen LogP contribution in [0.25, 0.3) is 53.6 Å². The van der Waals surface area contributed by atoms with Gasteiger partial charge in [0.25, 0.3) is 0 Å². The van der Waals surface area contributed by atoms with Gasteiger partial charge in [-0.05, 0) is 30.3 Å². The average molecular weight is 402 g/mol. The first-order valence-electron chi connectivity index (χ1n) is 8.75. The fourth-order valence-electron chi connectivity index (χ4n) is 3.74. The first kappa shape index (κ1) is 15.9. The highest BCUT2D eigenvalue weighted by atomic mass is 35.5. The van der Waals surface area contributed by atoms with E-state index in [1.54, 1.807) is 11.3 Å². The number of benzene rings is 3. The van der Waals surface area contributed by atoms with Crippen LogP contribution in [0.1, 0.15) is 0 Å². The van der Waals surface area contributed by atoms with Crippen LogP contribution >= 0.6 is 22.9 Å². The third-order valence-electron chi connectivity index (χ3n) is 4.93. The van der Waals surface area contributed by atoms with Gasteiger partial charge in [0.15, 0.2) is 5.15 Å². The van der Waals surface area contributed by atoms with Crippen LogP contribution in [0.5, 0.6) is 0 Å². The maximum Gasteiger partial charge on any atom is 0.247 e. The predicted molar refractivity (Wildman–Crippen MR) is 117 cm³/mol. The molecule has 134 valence electrons. The molecule has 2 N–H and O–H groups in total. The summed E-state index contributed by atoms with van der Waals surface area (Å²) in [6.45, 7) is 0. The van der Waals surface area contributed by atoms with E-state index >= 15 is 0 Å². The van der Waals surface area contributed by atoms with Crippen LogP contribution in [0.2, 0.25) is 5.15 Å². The summed E-state index contributed by atoms with van der Waals surface area (Å²) in [7, 11) is 0. The van der Waals surface area contributed by atoms with Gasteiger partial charge in [0.05, 0.1) is 0 Å². The Bertz CT molecular complexity index is 1550. The normalized spacial score (nSPS) is 11.9. The lowest BCUT2D eigenvalue weighted by molar-refractivity contribution is 0.653. The van der Waals surface area contributed by atoms with Gasteiger partial charge in [0.2, 0.25) is 5.71 Å². The predicted octanol–water partition coefficient (Wildman–Crippen LogP) is 6.65. The third-order valence-corrected chi connectivity index (χ3v) is 6.31. The van der Waals surface area contributed by atoms with Gasteiger partial charge in [-0.1, -0.05) is 41.9 Å². The SMILES string of the molecule is Nc1cc(-c2nc3c(nc2Cl)oc2ccccc23)c2c(c1)sc1ccccc12. The number of nitrogen functional groups attached to an aromatic ring is 1. The van der Waals surface area contributed by atoms with Crippen molar-refractivity contribution in [3.63, 3.8) is 0 Å². The lowest BCUT2D eigenvalue weighted by Gasteiger charge is -2.07. The molecule has 3 aromatic carbocycles. The number of aromatic nitrogens is 2. The van der Waals surface area contributed by atoms with E-state index < -0.39 is 0 Å². The van der Waals surface area contributed by atoms with Gasteiger partial charge in [-0.3, -0.25) is 0 Å². The topological polar surface area (TPSA) is 64.9 Å². The minimum Gasteiger partial charge on any atom is -0.436 e. The van der Waals surface area contributed by atoms with E-state index in [0.29, 0.717) is 27.8 Å². The number of para-hydroxylation sites is 1. The molecule has 0 fully saturated rings. The van der Waals surface area contributed by atoms with Gasteiger partial charge in [0, 0.05) is 36.8 Å². The highest BCUT2D eigenvalue weighted by Crippen LogP contribution is 2.43. The second-order valence-electron chi connectivity index (χ2n) is 6.65. The number of hydrogen-bond donors (Lipinski definition) is 1. The van der Waals surface area contributed by atoms with Gasteiger partial charge >= 0.3 is 0 Å². The van der Waals surface area contributed by atoms with Crippen LogP contribution in [-0.2, 0) is 0 Å². The van der Waals surface area contributed by atoms with Crippen LogP contribution < -0.4 is 5.73 Å². The highest BCUT2D eigenvalue weighted by Gasteiger charge is 2.19. The van der Waals surface area contributed by atoms with Crippen LogP contribution in [0.15, 0.2) is 65.1 Å². The molecule has 0 radical (unpaired) electrons. The summed E-state index contributed by atoms with van der Waals surface area (Å²) in [5.41, 5.74) is 10.3. The Balaban J connectivity index is 1.76. The quantitative estimate of drug-likeness (QED) is 0.313. The number of rotatable bonds is 1. The molecule has 0 aliphatic rings. The first-order chi connectivity index (χ1) is 13.7. The second-order valence-corrected chi connectivity index (χ2v) is 8.10. The van der Waals surface area contributed by atoms with Gasteiger partial charge < -0.3 is 10.2 Å². The molecular weight excluding hydrogens is 390 g/mol. The van der Waals surface area contributed by atoms with Crippen LogP contribution in [-0.4, -0.2) is 9.97 Å². The molecule has 0 spiro atoms. The van der Waals surface area contributed by atoms with E-state index in [-0.39, 0.29) is 0 Å². The summed E-state index contributed by atoms with van der Waals surface area (Å²) in [4.78, 5) is 9.36. The number of nitrogens with zero attached hydrogens (tertiary/aromatic N) is 2. The monoisotopic (exact) mass is 401 g/mol. The number of anilines is 1. The Morgan fingerprint density at radius 2 is 1.68 bits per heavy atom. The molecule has 6 aromatic rings. The van der Waals surface area contributed by atoms with E-state index in [1.165, 1.54) is 4.70 Å². The largest absolute Gasteiger partial charge is 0.436 e. The molecule has 6 rings (SSSR count). The maximum atomic E-state index is 6.57. The van der Waals surface area contributed by atoms with Crippen molar-refractivity contribution in [3.05, 3.63) is 65.8 Å². The molecule has 0 amide bonds. The molecule has 3 heterocycles. The maximum absolute atomic E-state index is 6.57. The number of nitrogens with two attached hydrogens (primary N) is 1. The molecule has 0 aliphatic heterocycles. The Kier molecular flexibility index (Phi) is 3.21. The molecule has 4 nitrogen and oxygen atoms in total. The minimum absolute atomic E-state index is 0.300. The Morgan fingerprint density at radius 1 is 0.893 bits per heavy atom. The third kappa shape index (κ3) is 2.17. The van der Waals surface area contributed by atoms with Crippen molar-refractivity contribution in [1.82, 2.24) is 9.97 Å². The van der Waals surface area contributed by atoms with Crippen molar-refractivity contribution in [3.8, 4) is 11.3 Å². The fourth-order valence-corrected chi connectivity index (χ4v) is 5.14. The van der Waals surface area contributed by atoms with Crippen LogP contribution in [0.4, 0.5) is 5.69 Å².